The van der Waals surface area contributed by atoms with Gasteiger partial charge in [-0.05, 0) is 56.2 Å². The minimum absolute atomic E-state index is 0.0512. The first kappa shape index (κ1) is 22.2. The summed E-state index contributed by atoms with van der Waals surface area (Å²) in [6.07, 6.45) is 9.04. The highest BCUT2D eigenvalue weighted by Gasteiger charge is 2.40. The first-order valence-electron chi connectivity index (χ1n) is 10.3. The van der Waals surface area contributed by atoms with E-state index in [9.17, 15) is 21.4 Å². The molecule has 1 aromatic rings. The number of hydrogen-bond donors (Lipinski definition) is 1. The summed E-state index contributed by atoms with van der Waals surface area (Å²) in [5, 5.41) is 0. The van der Waals surface area contributed by atoms with E-state index in [0.29, 0.717) is 24.1 Å². The van der Waals surface area contributed by atoms with E-state index in [1.165, 1.54) is 12.1 Å². The molecule has 0 bridgehead atoms. The lowest BCUT2D eigenvalue weighted by atomic mass is 9.88. The van der Waals surface area contributed by atoms with E-state index in [1.807, 2.05) is 6.92 Å². The summed E-state index contributed by atoms with van der Waals surface area (Å²) in [6, 6.07) is 3.83. The maximum absolute atomic E-state index is 13.4. The van der Waals surface area contributed by atoms with Gasteiger partial charge in [0.15, 0.2) is 9.84 Å². The van der Waals surface area contributed by atoms with Crippen LogP contribution in [0.4, 0.5) is 0 Å². The minimum Gasteiger partial charge on any atom is -0.282 e. The Hall–Kier alpha value is -1.51. The molecule has 0 fully saturated rings. The predicted octanol–water partition coefficient (Wildman–Crippen LogP) is 4.35. The topological polar surface area (TPSA) is 101 Å². The van der Waals surface area contributed by atoms with E-state index in [-0.39, 0.29) is 10.6 Å². The highest BCUT2D eigenvalue weighted by Crippen LogP contribution is 2.37. The van der Waals surface area contributed by atoms with Gasteiger partial charge in [-0.15, -0.1) is 0 Å². The van der Waals surface area contributed by atoms with Crippen LogP contribution in [0.1, 0.15) is 70.8 Å². The zero-order valence-corrected chi connectivity index (χ0v) is 18.7. The van der Waals surface area contributed by atoms with Crippen LogP contribution in [0.25, 0.3) is 0 Å². The summed E-state index contributed by atoms with van der Waals surface area (Å²) in [6.45, 7) is 4.02. The first-order valence-corrected chi connectivity index (χ1v) is 13.3. The number of benzene rings is 1. The molecule has 1 aliphatic heterocycles. The number of rotatable bonds is 6. The average Bonchev–Trinajstić information content (AvgIpc) is 2.79. The van der Waals surface area contributed by atoms with Crippen molar-refractivity contribution in [2.24, 2.45) is 4.99 Å². The Bertz CT molecular complexity index is 1050. The molecule has 1 N–H and O–H groups in total. The van der Waals surface area contributed by atoms with Gasteiger partial charge < -0.3 is 0 Å². The Labute approximate surface area is 173 Å². The smallest absolute Gasteiger partial charge is 0.282 e. The van der Waals surface area contributed by atoms with Crippen LogP contribution in [0.5, 0.6) is 0 Å². The summed E-state index contributed by atoms with van der Waals surface area (Å²) in [5.41, 5.74) is 1.40. The molecule has 6 nitrogen and oxygen atoms in total. The molecule has 8 heteroatoms. The standard InChI is InChI=1S/C21H29NO5S2/c1-3-5-13-21(4-2)15-28(23,24)19-14-17(29(25,26)27)11-12-18(19)20(22-21)16-9-7-6-8-10-16/h9,11-12,14H,3-8,10,13,15H2,1-2H3,(H,25,26,27). The van der Waals surface area contributed by atoms with Crippen molar-refractivity contribution in [3.05, 3.63) is 35.4 Å². The van der Waals surface area contributed by atoms with Crippen LogP contribution in [-0.2, 0) is 20.0 Å². The Morgan fingerprint density at radius 3 is 2.55 bits per heavy atom. The second kappa shape index (κ2) is 8.32. The SMILES string of the molecule is CCCCC1(CC)CS(=O)(=O)c2cc(S(=O)(=O)O)ccc2C(C2=CCCCC2)=N1. The quantitative estimate of drug-likeness (QED) is 0.664. The number of unbranched alkanes of at least 4 members (excludes halogenated alkanes) is 1. The van der Waals surface area contributed by atoms with Crippen molar-refractivity contribution in [1.29, 1.82) is 0 Å². The second-order valence-corrected chi connectivity index (χ2v) is 11.4. The van der Waals surface area contributed by atoms with Crippen LogP contribution in [-0.4, -0.2) is 38.4 Å². The summed E-state index contributed by atoms with van der Waals surface area (Å²) in [7, 11) is -8.31. The van der Waals surface area contributed by atoms with E-state index in [1.54, 1.807) is 0 Å². The molecule has 0 saturated carbocycles. The second-order valence-electron chi connectivity index (χ2n) is 8.01. The van der Waals surface area contributed by atoms with Crippen molar-refractivity contribution < 1.29 is 21.4 Å². The number of nitrogens with zero attached hydrogens (tertiary/aromatic N) is 1. The zero-order valence-electron chi connectivity index (χ0n) is 17.0. The Balaban J connectivity index is 2.29. The van der Waals surface area contributed by atoms with Gasteiger partial charge in [-0.25, -0.2) is 8.42 Å². The number of hydrogen-bond acceptors (Lipinski definition) is 5. The summed E-state index contributed by atoms with van der Waals surface area (Å²) < 4.78 is 59.5. The normalized spacial score (nSPS) is 24.2. The van der Waals surface area contributed by atoms with Gasteiger partial charge in [-0.1, -0.05) is 38.8 Å². The maximum atomic E-state index is 13.4. The maximum Gasteiger partial charge on any atom is 0.294 e. The van der Waals surface area contributed by atoms with Gasteiger partial charge in [0.25, 0.3) is 10.1 Å². The van der Waals surface area contributed by atoms with Crippen LogP contribution in [0, 0.1) is 0 Å². The summed E-state index contributed by atoms with van der Waals surface area (Å²) in [4.78, 5) is 4.61. The van der Waals surface area contributed by atoms with Crippen LogP contribution in [0.3, 0.4) is 0 Å². The molecule has 160 valence electrons. The molecule has 1 aromatic carbocycles. The van der Waals surface area contributed by atoms with Gasteiger partial charge in [-0.3, -0.25) is 9.55 Å². The van der Waals surface area contributed by atoms with Crippen LogP contribution in [0.15, 0.2) is 44.6 Å². The third-order valence-corrected chi connectivity index (χ3v) is 8.67. The van der Waals surface area contributed by atoms with Gasteiger partial charge in [0, 0.05) is 5.56 Å². The first-order chi connectivity index (χ1) is 13.6. The highest BCUT2D eigenvalue weighted by atomic mass is 32.2. The van der Waals surface area contributed by atoms with E-state index in [2.05, 4.69) is 13.0 Å². The van der Waals surface area contributed by atoms with Gasteiger partial charge in [-0.2, -0.15) is 8.42 Å². The third-order valence-electron chi connectivity index (χ3n) is 5.90. The molecule has 1 unspecified atom stereocenters. The monoisotopic (exact) mass is 439 g/mol. The number of fused-ring (bicyclic) bond motifs is 1. The molecular formula is C21H29NO5S2. The molecule has 2 aliphatic rings. The minimum atomic E-state index is -4.51. The third kappa shape index (κ3) is 4.64. The van der Waals surface area contributed by atoms with E-state index >= 15 is 0 Å². The lowest BCUT2D eigenvalue weighted by molar-refractivity contribution is 0.407. The van der Waals surface area contributed by atoms with Crippen molar-refractivity contribution >= 4 is 25.7 Å². The Morgan fingerprint density at radius 1 is 1.21 bits per heavy atom. The lowest BCUT2D eigenvalue weighted by Gasteiger charge is -2.28. The molecule has 0 saturated heterocycles. The molecular weight excluding hydrogens is 410 g/mol. The highest BCUT2D eigenvalue weighted by molar-refractivity contribution is 7.91. The van der Waals surface area contributed by atoms with Crippen molar-refractivity contribution in [2.75, 3.05) is 5.75 Å². The molecule has 29 heavy (non-hydrogen) atoms. The molecule has 0 spiro atoms. The Morgan fingerprint density at radius 2 is 1.97 bits per heavy atom. The van der Waals surface area contributed by atoms with Gasteiger partial charge in [0.05, 0.1) is 26.8 Å². The largest absolute Gasteiger partial charge is 0.294 e. The Kier molecular flexibility index (Phi) is 6.36. The summed E-state index contributed by atoms with van der Waals surface area (Å²) in [5.74, 6) is -0.158. The molecule has 3 rings (SSSR count). The van der Waals surface area contributed by atoms with Gasteiger partial charge in [0.1, 0.15) is 0 Å². The zero-order chi connectivity index (χ0) is 21.3. The van der Waals surface area contributed by atoms with Gasteiger partial charge in [0.2, 0.25) is 0 Å². The van der Waals surface area contributed by atoms with Crippen molar-refractivity contribution in [1.82, 2.24) is 0 Å². The van der Waals surface area contributed by atoms with E-state index < -0.39 is 30.4 Å². The molecule has 0 aromatic heterocycles. The summed E-state index contributed by atoms with van der Waals surface area (Å²) >= 11 is 0. The fraction of sp³-hybridized carbons (Fsp3) is 0.571. The van der Waals surface area contributed by atoms with E-state index in [4.69, 9.17) is 4.99 Å². The molecule has 1 aliphatic carbocycles. The predicted molar refractivity (Wildman–Crippen MR) is 114 cm³/mol. The van der Waals surface area contributed by atoms with Gasteiger partial charge >= 0.3 is 0 Å². The number of sulfone groups is 1. The molecule has 1 atom stereocenters. The van der Waals surface area contributed by atoms with E-state index in [0.717, 1.165) is 50.2 Å². The van der Waals surface area contributed by atoms with Crippen LogP contribution < -0.4 is 0 Å². The van der Waals surface area contributed by atoms with Crippen molar-refractivity contribution in [2.45, 2.75) is 80.5 Å². The lowest BCUT2D eigenvalue weighted by Crippen LogP contribution is -2.34. The van der Waals surface area contributed by atoms with Crippen LogP contribution in [0.2, 0.25) is 0 Å². The molecule has 0 radical (unpaired) electrons. The molecule has 1 heterocycles. The van der Waals surface area contributed by atoms with Crippen molar-refractivity contribution in [3.63, 3.8) is 0 Å². The van der Waals surface area contributed by atoms with Crippen molar-refractivity contribution in [3.8, 4) is 0 Å². The molecule has 0 amide bonds. The number of allylic oxidation sites excluding steroid dienone is 2. The van der Waals surface area contributed by atoms with Crippen LogP contribution >= 0.6 is 0 Å². The number of aliphatic imine (C=N–C) groups is 1. The fourth-order valence-corrected chi connectivity index (χ4v) is 6.83. The fourth-order valence-electron chi connectivity index (χ4n) is 4.17. The average molecular weight is 440 g/mol.